The summed E-state index contributed by atoms with van der Waals surface area (Å²) in [7, 11) is 0. The fourth-order valence-corrected chi connectivity index (χ4v) is 5.70. The number of halogens is 1. The van der Waals surface area contributed by atoms with Crippen molar-refractivity contribution in [3.8, 4) is 22.6 Å². The average molecular weight is 623 g/mol. The maximum atomic E-state index is 15.1. The fourth-order valence-electron chi connectivity index (χ4n) is 5.70. The van der Waals surface area contributed by atoms with Crippen molar-refractivity contribution in [3.05, 3.63) is 114 Å². The van der Waals surface area contributed by atoms with Crippen molar-refractivity contribution in [2.75, 3.05) is 19.7 Å². The van der Waals surface area contributed by atoms with Gasteiger partial charge in [0.05, 0.1) is 18.2 Å². The largest absolute Gasteiger partial charge is 0.486 e. The number of aromatic nitrogens is 1. The lowest BCUT2D eigenvalue weighted by molar-refractivity contribution is -0.130. The predicted octanol–water partition coefficient (Wildman–Crippen LogP) is 4.70. The zero-order chi connectivity index (χ0) is 31.9. The summed E-state index contributed by atoms with van der Waals surface area (Å²) in [6, 6.07) is 22.0. The average Bonchev–Trinajstić information content (AvgIpc) is 3.47. The van der Waals surface area contributed by atoms with Crippen LogP contribution in [0.15, 0.2) is 91.3 Å². The number of benzene rings is 3. The molecule has 7 rings (SSSR count). The summed E-state index contributed by atoms with van der Waals surface area (Å²) in [6.07, 6.45) is 5.79. The number of carbonyl (C=O) groups excluding carboxylic acids is 3. The molecule has 4 aromatic rings. The van der Waals surface area contributed by atoms with E-state index in [1.165, 1.54) is 12.1 Å². The number of nitrogens with one attached hydrogen (secondary N) is 2. The van der Waals surface area contributed by atoms with Crippen LogP contribution < -0.4 is 20.1 Å². The first-order valence-corrected chi connectivity index (χ1v) is 15.4. The third kappa shape index (κ3) is 7.69. The first kappa shape index (κ1) is 30.8. The quantitative estimate of drug-likeness (QED) is 0.313. The lowest BCUT2D eigenvalue weighted by Crippen LogP contribution is -2.45. The number of hydrogen-bond acceptors (Lipinski definition) is 6. The molecule has 0 unspecified atom stereocenters. The van der Waals surface area contributed by atoms with E-state index >= 15 is 4.39 Å². The molecule has 3 aromatic carbocycles. The van der Waals surface area contributed by atoms with E-state index in [2.05, 4.69) is 15.6 Å². The number of pyridine rings is 1. The highest BCUT2D eigenvalue weighted by molar-refractivity contribution is 5.96. The van der Waals surface area contributed by atoms with E-state index < -0.39 is 23.9 Å². The predicted molar refractivity (Wildman–Crippen MR) is 170 cm³/mol. The second-order valence-corrected chi connectivity index (χ2v) is 11.5. The molecule has 0 saturated carbocycles. The molecule has 0 aliphatic carbocycles. The van der Waals surface area contributed by atoms with Gasteiger partial charge in [-0.25, -0.2) is 4.39 Å². The minimum absolute atomic E-state index is 0.0246. The van der Waals surface area contributed by atoms with Crippen molar-refractivity contribution in [1.29, 1.82) is 0 Å². The molecule has 9 nitrogen and oxygen atoms in total. The molecule has 0 radical (unpaired) electrons. The van der Waals surface area contributed by atoms with Crippen molar-refractivity contribution in [1.82, 2.24) is 20.5 Å². The van der Waals surface area contributed by atoms with Gasteiger partial charge in [-0.2, -0.15) is 0 Å². The van der Waals surface area contributed by atoms with Crippen LogP contribution in [0.5, 0.6) is 11.5 Å². The molecular formula is C36H35FN4O5. The molecule has 1 fully saturated rings. The normalized spacial score (nSPS) is 18.1. The Hall–Kier alpha value is -5.25. The van der Waals surface area contributed by atoms with Crippen molar-refractivity contribution < 1.29 is 28.2 Å². The third-order valence-electron chi connectivity index (χ3n) is 8.21. The SMILES string of the molecule is O=C1COc2cccc(c2)-c2ccc(F)c(c2)C(=O)N[C@H]2CN(C(=O)CCCCc3cccnc3)C[C@@H]2Oc2ccc(cc2)CN1. The van der Waals surface area contributed by atoms with Crippen LogP contribution in [-0.4, -0.2) is 59.4 Å². The van der Waals surface area contributed by atoms with Gasteiger partial charge in [-0.1, -0.05) is 36.4 Å². The molecular weight excluding hydrogens is 587 g/mol. The molecule has 10 heteroatoms. The van der Waals surface area contributed by atoms with E-state index in [9.17, 15) is 14.4 Å². The molecule has 1 saturated heterocycles. The van der Waals surface area contributed by atoms with Crippen LogP contribution in [0.3, 0.4) is 0 Å². The van der Waals surface area contributed by atoms with Gasteiger partial charge in [0.2, 0.25) is 5.91 Å². The van der Waals surface area contributed by atoms with Crippen LogP contribution in [0.2, 0.25) is 0 Å². The zero-order valence-electron chi connectivity index (χ0n) is 25.3. The number of rotatable bonds is 5. The van der Waals surface area contributed by atoms with Crippen LogP contribution in [0, 0.1) is 5.82 Å². The van der Waals surface area contributed by atoms with E-state index in [1.54, 1.807) is 47.5 Å². The lowest BCUT2D eigenvalue weighted by atomic mass is 10.0. The molecule has 3 aliphatic rings. The van der Waals surface area contributed by atoms with E-state index in [-0.39, 0.29) is 37.1 Å². The maximum Gasteiger partial charge on any atom is 0.258 e. The van der Waals surface area contributed by atoms with Crippen molar-refractivity contribution in [2.45, 2.75) is 44.4 Å². The highest BCUT2D eigenvalue weighted by atomic mass is 19.1. The van der Waals surface area contributed by atoms with Crippen molar-refractivity contribution >= 4 is 17.7 Å². The fraction of sp³-hybridized carbons (Fsp3) is 0.278. The maximum absolute atomic E-state index is 15.1. The number of nitrogens with zero attached hydrogens (tertiary/aromatic N) is 2. The number of ether oxygens (including phenoxy) is 2. The molecule has 0 spiro atoms. The molecule has 1 aromatic heterocycles. The standard InChI is InChI=1S/C36H35FN4O5/c37-31-15-12-27-18-30(31)36(44)40-32-21-41(35(43)9-2-1-5-24-6-4-16-38-19-24)22-33(32)46-28-13-10-25(11-14-28)20-39-34(42)23-45-29-8-3-7-26(27)17-29/h3-4,6-8,10-19,32-33H,1-2,5,9,20-23H2,(H,39,42)(H,40,44)/t32-,33-/m0/s1. The van der Waals surface area contributed by atoms with Crippen molar-refractivity contribution in [2.24, 2.45) is 0 Å². The Morgan fingerprint density at radius 2 is 1.78 bits per heavy atom. The Kier molecular flexibility index (Phi) is 9.52. The minimum atomic E-state index is -0.667. The van der Waals surface area contributed by atoms with E-state index in [4.69, 9.17) is 9.47 Å². The molecule has 46 heavy (non-hydrogen) atoms. The van der Waals surface area contributed by atoms with Gasteiger partial charge in [-0.05, 0) is 84.0 Å². The Balaban J connectivity index is 1.22. The Morgan fingerprint density at radius 3 is 2.61 bits per heavy atom. The molecule has 2 atom stereocenters. The second-order valence-electron chi connectivity index (χ2n) is 11.5. The Labute approximate surface area is 266 Å². The van der Waals surface area contributed by atoms with Crippen LogP contribution in [-0.2, 0) is 22.6 Å². The summed E-state index contributed by atoms with van der Waals surface area (Å²) in [5.74, 6) is -0.554. The smallest absolute Gasteiger partial charge is 0.258 e. The Bertz CT molecular complexity index is 1700. The van der Waals surface area contributed by atoms with Gasteiger partial charge in [-0.15, -0.1) is 0 Å². The van der Waals surface area contributed by atoms with Crippen LogP contribution in [0.4, 0.5) is 4.39 Å². The topological polar surface area (TPSA) is 110 Å². The first-order chi connectivity index (χ1) is 22.4. The minimum Gasteiger partial charge on any atom is -0.486 e. The van der Waals surface area contributed by atoms with Gasteiger partial charge < -0.3 is 25.0 Å². The third-order valence-corrected chi connectivity index (χ3v) is 8.21. The van der Waals surface area contributed by atoms with Crippen molar-refractivity contribution in [3.63, 3.8) is 0 Å². The number of fused-ring (bicyclic) bond motifs is 7. The number of likely N-dealkylation sites (tertiary alicyclic amines) is 1. The van der Waals surface area contributed by atoms with Crippen LogP contribution in [0.1, 0.15) is 40.7 Å². The summed E-state index contributed by atoms with van der Waals surface area (Å²) in [5.41, 5.74) is 3.18. The second kappa shape index (κ2) is 14.2. The van der Waals surface area contributed by atoms with E-state index in [0.29, 0.717) is 35.6 Å². The summed E-state index contributed by atoms with van der Waals surface area (Å²) in [5, 5.41) is 5.80. The number of hydrogen-bond donors (Lipinski definition) is 2. The highest BCUT2D eigenvalue weighted by Gasteiger charge is 2.38. The number of carbonyl (C=O) groups is 3. The highest BCUT2D eigenvalue weighted by Crippen LogP contribution is 2.27. The summed E-state index contributed by atoms with van der Waals surface area (Å²) in [6.45, 7) is 0.652. The molecule has 6 bridgehead atoms. The summed E-state index contributed by atoms with van der Waals surface area (Å²) < 4.78 is 27.1. The van der Waals surface area contributed by atoms with E-state index in [1.807, 2.05) is 36.5 Å². The van der Waals surface area contributed by atoms with Gasteiger partial charge in [0, 0.05) is 31.9 Å². The van der Waals surface area contributed by atoms with Gasteiger partial charge >= 0.3 is 0 Å². The zero-order valence-corrected chi connectivity index (χ0v) is 25.3. The van der Waals surface area contributed by atoms with E-state index in [0.717, 1.165) is 30.4 Å². The van der Waals surface area contributed by atoms with Gasteiger partial charge in [0.15, 0.2) is 6.61 Å². The number of unbranched alkanes of at least 4 members (excludes halogenated alkanes) is 1. The van der Waals surface area contributed by atoms with Gasteiger partial charge in [-0.3, -0.25) is 19.4 Å². The Morgan fingerprint density at radius 1 is 0.935 bits per heavy atom. The molecule has 4 heterocycles. The number of aryl methyl sites for hydroxylation is 1. The van der Waals surface area contributed by atoms with Crippen LogP contribution >= 0.6 is 0 Å². The summed E-state index contributed by atoms with van der Waals surface area (Å²) in [4.78, 5) is 45.1. The number of amides is 3. The van der Waals surface area contributed by atoms with Crippen LogP contribution in [0.25, 0.3) is 11.1 Å². The molecule has 3 amide bonds. The molecule has 236 valence electrons. The van der Waals surface area contributed by atoms with Gasteiger partial charge in [0.1, 0.15) is 23.4 Å². The molecule has 3 aliphatic heterocycles. The first-order valence-electron chi connectivity index (χ1n) is 15.4. The lowest BCUT2D eigenvalue weighted by Gasteiger charge is -2.21. The molecule has 2 N–H and O–H groups in total. The van der Waals surface area contributed by atoms with Gasteiger partial charge in [0.25, 0.3) is 11.8 Å². The summed E-state index contributed by atoms with van der Waals surface area (Å²) >= 11 is 0. The monoisotopic (exact) mass is 622 g/mol.